The zero-order chi connectivity index (χ0) is 25.4. The average Bonchev–Trinajstić information content (AvgIpc) is 3.12. The summed E-state index contributed by atoms with van der Waals surface area (Å²) >= 11 is 0. The van der Waals surface area contributed by atoms with Gasteiger partial charge in [0.2, 0.25) is 0 Å². The highest BCUT2D eigenvalue weighted by Gasteiger charge is 2.35. The first kappa shape index (κ1) is 23.3. The van der Waals surface area contributed by atoms with Crippen LogP contribution in [0.4, 0.5) is 5.69 Å². The second-order valence-corrected chi connectivity index (χ2v) is 9.17. The Morgan fingerprint density at radius 2 is 1.39 bits per heavy atom. The molecule has 0 unspecified atom stereocenters. The Hall–Kier alpha value is -4.44. The zero-order valence-electron chi connectivity index (χ0n) is 20.8. The number of aryl methyl sites for hydroxylation is 3. The smallest absolute Gasteiger partial charge is 0.198 e. The Kier molecular flexibility index (Phi) is 6.03. The van der Waals surface area contributed by atoms with Crippen LogP contribution in [0.2, 0.25) is 0 Å². The predicted octanol–water partition coefficient (Wildman–Crippen LogP) is 7.00. The van der Waals surface area contributed by atoms with Crippen LogP contribution in [0, 0.1) is 20.8 Å². The molecule has 0 spiro atoms. The molecule has 2 aliphatic rings. The van der Waals surface area contributed by atoms with E-state index in [2.05, 4.69) is 24.4 Å². The van der Waals surface area contributed by atoms with Crippen LogP contribution in [-0.2, 0) is 4.74 Å². The molecule has 1 aliphatic carbocycles. The highest BCUT2D eigenvalue weighted by Crippen LogP contribution is 2.36. The summed E-state index contributed by atoms with van der Waals surface area (Å²) in [6, 6.07) is 19.2. The van der Waals surface area contributed by atoms with Crippen LogP contribution >= 0.6 is 0 Å². The second-order valence-electron chi connectivity index (χ2n) is 9.17. The van der Waals surface area contributed by atoms with E-state index in [-0.39, 0.29) is 17.1 Å². The first-order valence-corrected chi connectivity index (χ1v) is 11.9. The average molecular weight is 474 g/mol. The van der Waals surface area contributed by atoms with Crippen LogP contribution in [0.3, 0.4) is 0 Å². The van der Waals surface area contributed by atoms with E-state index in [1.165, 1.54) is 5.56 Å². The minimum Gasteiger partial charge on any atom is -0.457 e. The summed E-state index contributed by atoms with van der Waals surface area (Å²) in [5, 5.41) is 3.11. The van der Waals surface area contributed by atoms with Gasteiger partial charge in [-0.25, -0.2) is 0 Å². The van der Waals surface area contributed by atoms with Crippen LogP contribution in [0.15, 0.2) is 95.8 Å². The fourth-order valence-electron chi connectivity index (χ4n) is 4.89. The molecule has 3 aromatic carbocycles. The summed E-state index contributed by atoms with van der Waals surface area (Å²) in [7, 11) is 1.88. The minimum absolute atomic E-state index is 0.184. The quantitative estimate of drug-likeness (QED) is 0.327. The standard InChI is InChI=1S/C32H27NO3/c1-19-15-20(2)29(21(3)16-19)28-18-23(30-31(34)26-7-5-6-8-27(26)32(30)35)17-25(36-28)14-11-22-9-12-24(33-4)13-10-22/h5-18,33H,1-4H3. The largest absolute Gasteiger partial charge is 0.457 e. The number of hydrogen-bond donors (Lipinski definition) is 1. The fourth-order valence-corrected chi connectivity index (χ4v) is 4.89. The molecule has 4 nitrogen and oxygen atoms in total. The van der Waals surface area contributed by atoms with E-state index in [1.807, 2.05) is 63.4 Å². The first-order chi connectivity index (χ1) is 17.4. The van der Waals surface area contributed by atoms with Gasteiger partial charge < -0.3 is 10.1 Å². The minimum atomic E-state index is -0.248. The van der Waals surface area contributed by atoms with Gasteiger partial charge in [-0.2, -0.15) is 0 Å². The highest BCUT2D eigenvalue weighted by atomic mass is 16.5. The van der Waals surface area contributed by atoms with Crippen molar-refractivity contribution in [2.45, 2.75) is 20.8 Å². The van der Waals surface area contributed by atoms with Gasteiger partial charge in [0.15, 0.2) is 11.6 Å². The molecular weight excluding hydrogens is 446 g/mol. The lowest BCUT2D eigenvalue weighted by Crippen LogP contribution is -2.08. The number of nitrogens with one attached hydrogen (secondary N) is 1. The third-order valence-electron chi connectivity index (χ3n) is 6.53. The zero-order valence-corrected chi connectivity index (χ0v) is 20.8. The number of Topliss-reactive ketones (excluding diaryl/α,β-unsaturated/α-hetero) is 2. The van der Waals surface area contributed by atoms with Crippen molar-refractivity contribution < 1.29 is 14.3 Å². The second kappa shape index (κ2) is 9.31. The Morgan fingerprint density at radius 3 is 1.97 bits per heavy atom. The van der Waals surface area contributed by atoms with E-state index in [9.17, 15) is 9.59 Å². The van der Waals surface area contributed by atoms with Gasteiger partial charge >= 0.3 is 0 Å². The molecule has 0 fully saturated rings. The summed E-state index contributed by atoms with van der Waals surface area (Å²) in [6.07, 6.45) is 7.43. The summed E-state index contributed by atoms with van der Waals surface area (Å²) in [4.78, 5) is 26.5. The number of fused-ring (bicyclic) bond motifs is 1. The third-order valence-corrected chi connectivity index (χ3v) is 6.53. The Bertz CT molecular complexity index is 1470. The molecule has 0 saturated heterocycles. The lowest BCUT2D eigenvalue weighted by molar-refractivity contribution is 0.0988. The molecule has 0 aromatic heterocycles. The number of allylic oxidation sites excluding steroid dienone is 5. The molecule has 36 heavy (non-hydrogen) atoms. The lowest BCUT2D eigenvalue weighted by Gasteiger charge is -2.21. The van der Waals surface area contributed by atoms with Crippen LogP contribution in [-0.4, -0.2) is 18.6 Å². The molecule has 0 amide bonds. The van der Waals surface area contributed by atoms with E-state index < -0.39 is 0 Å². The monoisotopic (exact) mass is 473 g/mol. The normalized spacial score (nSPS) is 15.1. The van der Waals surface area contributed by atoms with Gasteiger partial charge in [-0.1, -0.05) is 60.2 Å². The third kappa shape index (κ3) is 4.22. The van der Waals surface area contributed by atoms with E-state index >= 15 is 0 Å². The number of carbonyl (C=O) groups excluding carboxylic acids is 2. The molecular formula is C32H27NO3. The van der Waals surface area contributed by atoms with Crippen molar-refractivity contribution in [3.8, 4) is 0 Å². The highest BCUT2D eigenvalue weighted by molar-refractivity contribution is 6.40. The van der Waals surface area contributed by atoms with Gasteiger partial charge in [0.05, 0.1) is 5.57 Å². The first-order valence-electron chi connectivity index (χ1n) is 11.9. The van der Waals surface area contributed by atoms with Crippen LogP contribution < -0.4 is 5.32 Å². The van der Waals surface area contributed by atoms with Crippen molar-refractivity contribution in [2.75, 3.05) is 12.4 Å². The van der Waals surface area contributed by atoms with E-state index in [0.29, 0.717) is 28.2 Å². The molecule has 0 saturated carbocycles. The maximum Gasteiger partial charge on any atom is 0.198 e. The topological polar surface area (TPSA) is 55.4 Å². The molecule has 0 radical (unpaired) electrons. The maximum absolute atomic E-state index is 13.3. The van der Waals surface area contributed by atoms with E-state index in [4.69, 9.17) is 4.74 Å². The SMILES string of the molecule is CNc1ccc(C=CC2=CC(=C3C(=O)c4ccccc4C3=O)C=C(c3c(C)cc(C)cc3C)O2)cc1. The Morgan fingerprint density at radius 1 is 0.778 bits per heavy atom. The molecule has 3 aromatic rings. The van der Waals surface area contributed by atoms with Gasteiger partial charge in [-0.15, -0.1) is 0 Å². The lowest BCUT2D eigenvalue weighted by atomic mass is 9.94. The molecule has 0 atom stereocenters. The van der Waals surface area contributed by atoms with Crippen molar-refractivity contribution in [3.05, 3.63) is 135 Å². The van der Waals surface area contributed by atoms with Gasteiger partial charge in [0, 0.05) is 29.4 Å². The summed E-state index contributed by atoms with van der Waals surface area (Å²) in [5.41, 5.74) is 7.95. The molecule has 1 aliphatic heterocycles. The van der Waals surface area contributed by atoms with Gasteiger partial charge in [0.1, 0.15) is 11.5 Å². The Balaban J connectivity index is 1.63. The van der Waals surface area contributed by atoms with Crippen LogP contribution in [0.1, 0.15) is 48.5 Å². The number of rotatable bonds is 4. The molecule has 4 heteroatoms. The van der Waals surface area contributed by atoms with Crippen molar-refractivity contribution in [1.82, 2.24) is 0 Å². The van der Waals surface area contributed by atoms with Gasteiger partial charge in [0.25, 0.3) is 0 Å². The number of anilines is 1. The maximum atomic E-state index is 13.3. The Labute approximate surface area is 211 Å². The fraction of sp³-hybridized carbons (Fsp3) is 0.125. The van der Waals surface area contributed by atoms with Crippen molar-refractivity contribution in [1.29, 1.82) is 0 Å². The van der Waals surface area contributed by atoms with Crippen LogP contribution in [0.5, 0.6) is 0 Å². The van der Waals surface area contributed by atoms with Crippen molar-refractivity contribution in [2.24, 2.45) is 0 Å². The van der Waals surface area contributed by atoms with Crippen LogP contribution in [0.25, 0.3) is 11.8 Å². The predicted molar refractivity (Wildman–Crippen MR) is 145 cm³/mol. The molecule has 0 bridgehead atoms. The number of carbonyl (C=O) groups is 2. The van der Waals surface area contributed by atoms with Gasteiger partial charge in [-0.3, -0.25) is 9.59 Å². The number of hydrogen-bond acceptors (Lipinski definition) is 4. The number of benzene rings is 3. The van der Waals surface area contributed by atoms with E-state index in [1.54, 1.807) is 30.3 Å². The summed E-state index contributed by atoms with van der Waals surface area (Å²) in [6.45, 7) is 6.16. The molecule has 5 rings (SSSR count). The number of ether oxygens (including phenoxy) is 1. The molecule has 1 heterocycles. The van der Waals surface area contributed by atoms with E-state index in [0.717, 1.165) is 27.9 Å². The van der Waals surface area contributed by atoms with Gasteiger partial charge in [-0.05, 0) is 73.4 Å². The number of ketones is 2. The van der Waals surface area contributed by atoms with Crippen molar-refractivity contribution >= 4 is 29.1 Å². The molecule has 1 N–H and O–H groups in total. The van der Waals surface area contributed by atoms with Crippen molar-refractivity contribution in [3.63, 3.8) is 0 Å². The summed E-state index contributed by atoms with van der Waals surface area (Å²) in [5.74, 6) is 0.686. The molecule has 178 valence electrons. The summed E-state index contributed by atoms with van der Waals surface area (Å²) < 4.78 is 6.34.